The van der Waals surface area contributed by atoms with Crippen molar-refractivity contribution in [1.82, 2.24) is 19.3 Å². The highest BCUT2D eigenvalue weighted by atomic mass is 19.1. The Morgan fingerprint density at radius 1 is 1.20 bits per heavy atom. The smallest absolute Gasteiger partial charge is 0.142 e. The maximum Gasteiger partial charge on any atom is 0.142 e. The summed E-state index contributed by atoms with van der Waals surface area (Å²) in [5.74, 6) is 0.485. The van der Waals surface area contributed by atoms with Crippen LogP contribution in [0.3, 0.4) is 0 Å². The Hall–Kier alpha value is -2.47. The van der Waals surface area contributed by atoms with Crippen LogP contribution in [0.25, 0.3) is 17.1 Å². The molecule has 0 aliphatic heterocycles. The van der Waals surface area contributed by atoms with E-state index in [-0.39, 0.29) is 11.9 Å². The molecule has 5 nitrogen and oxygen atoms in total. The van der Waals surface area contributed by atoms with Crippen LogP contribution in [0.15, 0.2) is 36.7 Å². The molecule has 3 aromatic rings. The lowest BCUT2D eigenvalue weighted by Gasteiger charge is -2.18. The Labute approximate surface area is 146 Å². The van der Waals surface area contributed by atoms with Gasteiger partial charge in [0.2, 0.25) is 0 Å². The van der Waals surface area contributed by atoms with Gasteiger partial charge in [-0.05, 0) is 57.4 Å². The van der Waals surface area contributed by atoms with Crippen molar-refractivity contribution in [2.75, 3.05) is 0 Å². The third kappa shape index (κ3) is 2.87. The van der Waals surface area contributed by atoms with Crippen molar-refractivity contribution in [1.29, 1.82) is 0 Å². The van der Waals surface area contributed by atoms with Gasteiger partial charge in [0.05, 0.1) is 11.4 Å². The Balaban J connectivity index is 1.85. The first-order valence-corrected chi connectivity index (χ1v) is 8.65. The minimum Gasteiger partial charge on any atom is -0.328 e. The van der Waals surface area contributed by atoms with Crippen LogP contribution in [0.1, 0.15) is 36.7 Å². The maximum atomic E-state index is 14.0. The number of halogens is 1. The summed E-state index contributed by atoms with van der Waals surface area (Å²) in [6.07, 6.45) is 6.70. The molecule has 0 radical (unpaired) electrons. The van der Waals surface area contributed by atoms with Crippen molar-refractivity contribution < 1.29 is 4.39 Å². The van der Waals surface area contributed by atoms with E-state index >= 15 is 0 Å². The molecule has 2 atom stereocenters. The molecule has 2 aromatic heterocycles. The Kier molecular flexibility index (Phi) is 3.92. The van der Waals surface area contributed by atoms with Gasteiger partial charge in [0.1, 0.15) is 11.6 Å². The number of nitrogens with two attached hydrogens (primary N) is 1. The zero-order chi connectivity index (χ0) is 17.6. The van der Waals surface area contributed by atoms with E-state index in [1.54, 1.807) is 18.3 Å². The Bertz CT molecular complexity index is 910. The predicted octanol–water partition coefficient (Wildman–Crippen LogP) is 3.54. The minimum atomic E-state index is -0.280. The first-order valence-electron chi connectivity index (χ1n) is 8.65. The lowest BCUT2D eigenvalue weighted by atomic mass is 10.1. The summed E-state index contributed by atoms with van der Waals surface area (Å²) in [7, 11) is 0. The van der Waals surface area contributed by atoms with Gasteiger partial charge < -0.3 is 10.3 Å². The molecule has 2 N–H and O–H groups in total. The standard InChI is InChI=1S/C19H22FN5/c1-12-9-13(2)25(23-12)18-6-3-14(20)10-17(18)19-22-7-8-24(19)16-5-4-15(21)11-16/h3,6-10,15-16H,4-5,11,21H2,1-2H3/t15-,16+/m0/s1. The second-order valence-corrected chi connectivity index (χ2v) is 6.89. The third-order valence-corrected chi connectivity index (χ3v) is 4.94. The van der Waals surface area contributed by atoms with Gasteiger partial charge in [-0.1, -0.05) is 0 Å². The monoisotopic (exact) mass is 339 g/mol. The van der Waals surface area contributed by atoms with E-state index in [2.05, 4.69) is 14.6 Å². The number of hydrogen-bond acceptors (Lipinski definition) is 3. The van der Waals surface area contributed by atoms with Gasteiger partial charge in [-0.2, -0.15) is 5.10 Å². The minimum absolute atomic E-state index is 0.225. The summed E-state index contributed by atoms with van der Waals surface area (Å²) >= 11 is 0. The van der Waals surface area contributed by atoms with Gasteiger partial charge in [-0.3, -0.25) is 0 Å². The molecule has 0 spiro atoms. The number of aromatic nitrogens is 4. The average molecular weight is 339 g/mol. The molecular formula is C19H22FN5. The number of benzene rings is 1. The summed E-state index contributed by atoms with van der Waals surface area (Å²) in [6.45, 7) is 3.95. The lowest BCUT2D eigenvalue weighted by Crippen LogP contribution is -2.16. The van der Waals surface area contributed by atoms with Crippen molar-refractivity contribution in [3.8, 4) is 17.1 Å². The fraction of sp³-hybridized carbons (Fsp3) is 0.368. The highest BCUT2D eigenvalue weighted by Crippen LogP contribution is 2.35. The molecule has 4 rings (SSSR count). The molecule has 0 unspecified atom stereocenters. The van der Waals surface area contributed by atoms with Crippen molar-refractivity contribution in [2.45, 2.75) is 45.2 Å². The van der Waals surface area contributed by atoms with E-state index in [1.807, 2.05) is 30.8 Å². The molecule has 1 aromatic carbocycles. The molecule has 25 heavy (non-hydrogen) atoms. The number of imidazole rings is 1. The fourth-order valence-corrected chi connectivity index (χ4v) is 3.81. The molecule has 1 aliphatic rings. The zero-order valence-corrected chi connectivity index (χ0v) is 14.5. The maximum absolute atomic E-state index is 14.0. The van der Waals surface area contributed by atoms with Gasteiger partial charge >= 0.3 is 0 Å². The van der Waals surface area contributed by atoms with Crippen LogP contribution >= 0.6 is 0 Å². The van der Waals surface area contributed by atoms with Crippen LogP contribution in [0, 0.1) is 19.7 Å². The molecule has 130 valence electrons. The van der Waals surface area contributed by atoms with E-state index in [1.165, 1.54) is 6.07 Å². The molecule has 1 saturated carbocycles. The van der Waals surface area contributed by atoms with Gasteiger partial charge in [0.15, 0.2) is 0 Å². The van der Waals surface area contributed by atoms with Gasteiger partial charge in [-0.15, -0.1) is 0 Å². The van der Waals surface area contributed by atoms with Gasteiger partial charge in [-0.25, -0.2) is 14.1 Å². The summed E-state index contributed by atoms with van der Waals surface area (Å²) in [5.41, 5.74) is 9.60. The van der Waals surface area contributed by atoms with Crippen LogP contribution in [0.2, 0.25) is 0 Å². The molecule has 0 saturated heterocycles. The van der Waals surface area contributed by atoms with Crippen LogP contribution in [-0.2, 0) is 0 Å². The predicted molar refractivity (Wildman–Crippen MR) is 95.1 cm³/mol. The number of rotatable bonds is 3. The second-order valence-electron chi connectivity index (χ2n) is 6.89. The molecule has 0 amide bonds. The summed E-state index contributed by atoms with van der Waals surface area (Å²) in [6, 6.07) is 7.32. The molecular weight excluding hydrogens is 317 g/mol. The highest BCUT2D eigenvalue weighted by molar-refractivity contribution is 5.68. The SMILES string of the molecule is Cc1cc(C)n(-c2ccc(F)cc2-c2nccn2[C@@H]2CC[C@H](N)C2)n1. The van der Waals surface area contributed by atoms with Crippen LogP contribution in [-0.4, -0.2) is 25.4 Å². The third-order valence-electron chi connectivity index (χ3n) is 4.94. The topological polar surface area (TPSA) is 61.7 Å². The molecule has 6 heteroatoms. The number of hydrogen-bond donors (Lipinski definition) is 1. The quantitative estimate of drug-likeness (QED) is 0.794. The van der Waals surface area contributed by atoms with Crippen LogP contribution in [0.5, 0.6) is 0 Å². The van der Waals surface area contributed by atoms with Gasteiger partial charge in [0.25, 0.3) is 0 Å². The van der Waals surface area contributed by atoms with Crippen molar-refractivity contribution in [3.05, 3.63) is 53.9 Å². The first kappa shape index (κ1) is 16.0. The van der Waals surface area contributed by atoms with E-state index in [9.17, 15) is 4.39 Å². The average Bonchev–Trinajstić information content (AvgIpc) is 3.27. The lowest BCUT2D eigenvalue weighted by molar-refractivity contribution is 0.514. The molecule has 1 aliphatic carbocycles. The molecule has 1 fully saturated rings. The van der Waals surface area contributed by atoms with Crippen molar-refractivity contribution >= 4 is 0 Å². The number of aryl methyl sites for hydroxylation is 2. The fourth-order valence-electron chi connectivity index (χ4n) is 3.81. The Morgan fingerprint density at radius 2 is 2.04 bits per heavy atom. The van der Waals surface area contributed by atoms with E-state index in [0.29, 0.717) is 6.04 Å². The molecule has 2 heterocycles. The van der Waals surface area contributed by atoms with E-state index in [0.717, 1.165) is 47.7 Å². The summed E-state index contributed by atoms with van der Waals surface area (Å²) < 4.78 is 18.0. The highest BCUT2D eigenvalue weighted by Gasteiger charge is 2.26. The van der Waals surface area contributed by atoms with E-state index < -0.39 is 0 Å². The van der Waals surface area contributed by atoms with E-state index in [4.69, 9.17) is 5.73 Å². The van der Waals surface area contributed by atoms with Crippen LogP contribution < -0.4 is 5.73 Å². The normalized spacial score (nSPS) is 20.3. The molecule has 0 bridgehead atoms. The zero-order valence-electron chi connectivity index (χ0n) is 14.5. The van der Waals surface area contributed by atoms with Crippen molar-refractivity contribution in [2.24, 2.45) is 5.73 Å². The Morgan fingerprint density at radius 3 is 2.72 bits per heavy atom. The van der Waals surface area contributed by atoms with Gasteiger partial charge in [0, 0.05) is 35.7 Å². The van der Waals surface area contributed by atoms with Crippen LogP contribution in [0.4, 0.5) is 4.39 Å². The second kappa shape index (κ2) is 6.11. The summed E-state index contributed by atoms with van der Waals surface area (Å²) in [4.78, 5) is 4.53. The summed E-state index contributed by atoms with van der Waals surface area (Å²) in [5, 5.41) is 4.56. The number of nitrogens with zero attached hydrogens (tertiary/aromatic N) is 4. The first-order chi connectivity index (χ1) is 12.0. The largest absolute Gasteiger partial charge is 0.328 e. The van der Waals surface area contributed by atoms with Crippen molar-refractivity contribution in [3.63, 3.8) is 0 Å².